The smallest absolute Gasteiger partial charge is 0.126 e. The number of thioether (sulfide) groups is 1. The predicted molar refractivity (Wildman–Crippen MR) is 58.8 cm³/mol. The van der Waals surface area contributed by atoms with Gasteiger partial charge in [0.2, 0.25) is 0 Å². The summed E-state index contributed by atoms with van der Waals surface area (Å²) in [7, 11) is 1.83. The van der Waals surface area contributed by atoms with Gasteiger partial charge in [-0.05, 0) is 18.4 Å². The summed E-state index contributed by atoms with van der Waals surface area (Å²) in [6.07, 6.45) is 1.97. The van der Waals surface area contributed by atoms with Crippen LogP contribution in [0.2, 0.25) is 0 Å². The number of nitrogen functional groups attached to an aromatic ring is 1. The zero-order chi connectivity index (χ0) is 9.84. The first-order valence-corrected chi connectivity index (χ1v) is 5.12. The lowest BCUT2D eigenvalue weighted by molar-refractivity contribution is 1.33. The van der Waals surface area contributed by atoms with Gasteiger partial charge < -0.3 is 11.1 Å². The first-order chi connectivity index (χ1) is 6.20. The lowest BCUT2D eigenvalue weighted by atomic mass is 10.1. The summed E-state index contributed by atoms with van der Waals surface area (Å²) in [5.74, 6) is 0.106. The third-order valence-electron chi connectivity index (χ3n) is 1.78. The van der Waals surface area contributed by atoms with E-state index < -0.39 is 0 Å². The van der Waals surface area contributed by atoms with E-state index >= 15 is 0 Å². The first kappa shape index (κ1) is 9.92. The molecule has 1 aromatic carbocycles. The van der Waals surface area contributed by atoms with E-state index in [0.29, 0.717) is 0 Å². The molecule has 70 valence electrons. The molecule has 1 rings (SSSR count). The van der Waals surface area contributed by atoms with Crippen molar-refractivity contribution in [1.82, 2.24) is 0 Å². The largest absolute Gasteiger partial charge is 0.387 e. The number of hydrogen-bond acceptors (Lipinski definition) is 3. The quantitative estimate of drug-likeness (QED) is 0.391. The van der Waals surface area contributed by atoms with Gasteiger partial charge in [0.05, 0.1) is 5.56 Å². The van der Waals surface area contributed by atoms with Crippen LogP contribution in [0.15, 0.2) is 23.1 Å². The maximum absolute atomic E-state index is 7.45. The number of anilines is 1. The van der Waals surface area contributed by atoms with Gasteiger partial charge in [0.15, 0.2) is 0 Å². The first-order valence-electron chi connectivity index (χ1n) is 3.90. The van der Waals surface area contributed by atoms with E-state index in [-0.39, 0.29) is 5.84 Å². The van der Waals surface area contributed by atoms with Crippen molar-refractivity contribution in [2.45, 2.75) is 4.90 Å². The molecule has 0 aliphatic carbocycles. The monoisotopic (exact) mass is 195 g/mol. The van der Waals surface area contributed by atoms with Crippen molar-refractivity contribution in [2.24, 2.45) is 5.73 Å². The van der Waals surface area contributed by atoms with E-state index in [1.54, 1.807) is 11.8 Å². The second-order valence-corrected chi connectivity index (χ2v) is 3.39. The maximum atomic E-state index is 7.45. The molecule has 0 aromatic heterocycles. The molecule has 0 aliphatic heterocycles. The third kappa shape index (κ3) is 1.95. The van der Waals surface area contributed by atoms with E-state index in [2.05, 4.69) is 5.32 Å². The summed E-state index contributed by atoms with van der Waals surface area (Å²) in [5, 5.41) is 10.5. The van der Waals surface area contributed by atoms with Crippen molar-refractivity contribution >= 4 is 23.3 Å². The molecular weight excluding hydrogens is 182 g/mol. The fraction of sp³-hybridized carbons (Fsp3) is 0.222. The molecule has 0 fully saturated rings. The molecule has 0 amide bonds. The van der Waals surface area contributed by atoms with Crippen LogP contribution >= 0.6 is 11.8 Å². The van der Waals surface area contributed by atoms with Gasteiger partial charge in [0, 0.05) is 17.6 Å². The van der Waals surface area contributed by atoms with Gasteiger partial charge >= 0.3 is 0 Å². The number of amidine groups is 1. The topological polar surface area (TPSA) is 61.9 Å². The Morgan fingerprint density at radius 3 is 2.69 bits per heavy atom. The highest BCUT2D eigenvalue weighted by molar-refractivity contribution is 7.98. The van der Waals surface area contributed by atoms with Crippen molar-refractivity contribution in [3.05, 3.63) is 23.8 Å². The fourth-order valence-corrected chi connectivity index (χ4v) is 1.83. The Kier molecular flexibility index (Phi) is 3.19. The summed E-state index contributed by atoms with van der Waals surface area (Å²) < 4.78 is 0. The zero-order valence-corrected chi connectivity index (χ0v) is 8.53. The molecule has 13 heavy (non-hydrogen) atoms. The molecule has 0 spiro atoms. The van der Waals surface area contributed by atoms with Crippen molar-refractivity contribution in [3.63, 3.8) is 0 Å². The molecule has 0 bridgehead atoms. The van der Waals surface area contributed by atoms with Crippen LogP contribution in [0.3, 0.4) is 0 Å². The number of benzene rings is 1. The normalized spacial score (nSPS) is 9.69. The van der Waals surface area contributed by atoms with Crippen LogP contribution in [0.5, 0.6) is 0 Å². The standard InChI is InChI=1S/C9H13N3S/c1-12-6-4-3-5-7(13-2)8(6)9(10)11/h3-5,12H,1-2H3,(H3,10,11). The molecule has 0 aliphatic rings. The Morgan fingerprint density at radius 1 is 1.54 bits per heavy atom. The molecule has 1 aromatic rings. The van der Waals surface area contributed by atoms with Gasteiger partial charge in [-0.25, -0.2) is 0 Å². The Hall–Kier alpha value is -1.16. The molecule has 0 saturated heterocycles. The van der Waals surface area contributed by atoms with Crippen LogP contribution in [0.25, 0.3) is 0 Å². The highest BCUT2D eigenvalue weighted by atomic mass is 32.2. The van der Waals surface area contributed by atoms with Crippen molar-refractivity contribution in [3.8, 4) is 0 Å². The van der Waals surface area contributed by atoms with Crippen molar-refractivity contribution in [2.75, 3.05) is 18.6 Å². The third-order valence-corrected chi connectivity index (χ3v) is 2.56. The maximum Gasteiger partial charge on any atom is 0.126 e. The van der Waals surface area contributed by atoms with Crippen LogP contribution in [-0.2, 0) is 0 Å². The number of nitrogens with two attached hydrogens (primary N) is 1. The van der Waals surface area contributed by atoms with Crippen molar-refractivity contribution in [1.29, 1.82) is 5.41 Å². The zero-order valence-electron chi connectivity index (χ0n) is 7.72. The lowest BCUT2D eigenvalue weighted by Gasteiger charge is -2.11. The van der Waals surface area contributed by atoms with Crippen LogP contribution in [-0.4, -0.2) is 19.1 Å². The second-order valence-electron chi connectivity index (χ2n) is 2.55. The SMILES string of the molecule is CNc1cccc(SC)c1C(=N)N. The average Bonchev–Trinajstić information content (AvgIpc) is 2.16. The summed E-state index contributed by atoms with van der Waals surface area (Å²) in [5.41, 5.74) is 7.19. The molecule has 0 heterocycles. The Morgan fingerprint density at radius 2 is 2.23 bits per heavy atom. The van der Waals surface area contributed by atoms with Crippen LogP contribution in [0.1, 0.15) is 5.56 Å². The Balaban J connectivity index is 3.29. The summed E-state index contributed by atoms with van der Waals surface area (Å²) in [6, 6.07) is 5.82. The van der Waals surface area contributed by atoms with E-state index in [4.69, 9.17) is 11.1 Å². The fourth-order valence-electron chi connectivity index (χ4n) is 1.19. The summed E-state index contributed by atoms with van der Waals surface area (Å²) >= 11 is 1.59. The number of hydrogen-bond donors (Lipinski definition) is 3. The van der Waals surface area contributed by atoms with Crippen LogP contribution in [0, 0.1) is 5.41 Å². The highest BCUT2D eigenvalue weighted by Crippen LogP contribution is 2.26. The molecule has 3 nitrogen and oxygen atoms in total. The van der Waals surface area contributed by atoms with Gasteiger partial charge in [-0.15, -0.1) is 11.8 Å². The molecule has 0 atom stereocenters. The second kappa shape index (κ2) is 4.18. The summed E-state index contributed by atoms with van der Waals surface area (Å²) in [4.78, 5) is 1.03. The Bertz CT molecular complexity index is 300. The van der Waals surface area contributed by atoms with Crippen LogP contribution in [0.4, 0.5) is 5.69 Å². The minimum Gasteiger partial charge on any atom is -0.387 e. The van der Waals surface area contributed by atoms with Crippen LogP contribution < -0.4 is 11.1 Å². The molecule has 0 unspecified atom stereocenters. The van der Waals surface area contributed by atoms with Gasteiger partial charge in [0.1, 0.15) is 5.84 Å². The molecule has 0 radical (unpaired) electrons. The minimum absolute atomic E-state index is 0.106. The van der Waals surface area contributed by atoms with Gasteiger partial charge in [-0.1, -0.05) is 6.07 Å². The molecule has 4 N–H and O–H groups in total. The minimum atomic E-state index is 0.106. The number of rotatable bonds is 3. The Labute approximate surface area is 82.2 Å². The van der Waals surface area contributed by atoms with E-state index in [1.165, 1.54) is 0 Å². The summed E-state index contributed by atoms with van der Waals surface area (Å²) in [6.45, 7) is 0. The predicted octanol–water partition coefficient (Wildman–Crippen LogP) is 1.73. The lowest BCUT2D eigenvalue weighted by Crippen LogP contribution is -2.14. The molecular formula is C9H13N3S. The van der Waals surface area contributed by atoms with E-state index in [1.807, 2.05) is 31.5 Å². The van der Waals surface area contributed by atoms with E-state index in [9.17, 15) is 0 Å². The molecule has 0 saturated carbocycles. The average molecular weight is 195 g/mol. The van der Waals surface area contributed by atoms with Gasteiger partial charge in [0.25, 0.3) is 0 Å². The van der Waals surface area contributed by atoms with Gasteiger partial charge in [-0.2, -0.15) is 0 Å². The highest BCUT2D eigenvalue weighted by Gasteiger charge is 2.08. The molecule has 4 heteroatoms. The van der Waals surface area contributed by atoms with Gasteiger partial charge in [-0.3, -0.25) is 5.41 Å². The number of nitrogens with one attached hydrogen (secondary N) is 2. The van der Waals surface area contributed by atoms with Crippen molar-refractivity contribution < 1.29 is 0 Å². The van der Waals surface area contributed by atoms with E-state index in [0.717, 1.165) is 16.1 Å².